The van der Waals surface area contributed by atoms with E-state index in [1.54, 1.807) is 23.9 Å². The van der Waals surface area contributed by atoms with Crippen molar-refractivity contribution in [3.05, 3.63) is 40.3 Å². The first-order chi connectivity index (χ1) is 10.1. The fourth-order valence-electron chi connectivity index (χ4n) is 2.15. The van der Waals surface area contributed by atoms with E-state index in [0.717, 1.165) is 18.2 Å². The lowest BCUT2D eigenvalue weighted by Gasteiger charge is -2.18. The molecule has 0 bridgehead atoms. The van der Waals surface area contributed by atoms with Crippen molar-refractivity contribution in [2.45, 2.75) is 19.4 Å². The summed E-state index contributed by atoms with van der Waals surface area (Å²) in [7, 11) is 0. The molecular weight excluding hydrogens is 293 g/mol. The van der Waals surface area contributed by atoms with E-state index in [4.69, 9.17) is 0 Å². The van der Waals surface area contributed by atoms with Crippen LogP contribution < -0.4 is 5.32 Å². The van der Waals surface area contributed by atoms with Crippen molar-refractivity contribution in [2.24, 2.45) is 0 Å². The maximum Gasteiger partial charge on any atom is 0.281 e. The highest BCUT2D eigenvalue weighted by Crippen LogP contribution is 2.33. The molecule has 112 valence electrons. The fraction of sp³-hybridized carbons (Fsp3) is 0.357. The van der Waals surface area contributed by atoms with Gasteiger partial charge in [0.2, 0.25) is 0 Å². The number of hydrogen-bond donors (Lipinski definition) is 1. The lowest BCUT2D eigenvalue weighted by atomic mass is 10.1. The number of anilines is 1. The molecule has 0 amide bonds. The number of nitrogens with zero attached hydrogens (tertiary/aromatic N) is 2. The Bertz CT molecular complexity index is 666. The first-order valence-corrected chi connectivity index (χ1v) is 7.95. The minimum atomic E-state index is -0.646. The Morgan fingerprint density at radius 1 is 1.57 bits per heavy atom. The summed E-state index contributed by atoms with van der Waals surface area (Å²) in [6.07, 6.45) is 4.31. The number of fused-ring (bicyclic) bond motifs is 1. The van der Waals surface area contributed by atoms with E-state index in [2.05, 4.69) is 10.3 Å². The summed E-state index contributed by atoms with van der Waals surface area (Å²) < 4.78 is 14.3. The molecule has 1 unspecified atom stereocenters. The second kappa shape index (κ2) is 6.71. The molecule has 1 N–H and O–H groups in total. The molecule has 0 spiro atoms. The van der Waals surface area contributed by atoms with Gasteiger partial charge in [0.05, 0.1) is 22.1 Å². The van der Waals surface area contributed by atoms with Crippen LogP contribution in [0.15, 0.2) is 24.4 Å². The van der Waals surface area contributed by atoms with E-state index in [-0.39, 0.29) is 17.4 Å². The van der Waals surface area contributed by atoms with Crippen molar-refractivity contribution in [2.75, 3.05) is 17.3 Å². The molecule has 0 saturated carbocycles. The molecule has 1 aromatic carbocycles. The van der Waals surface area contributed by atoms with E-state index in [1.807, 2.05) is 13.2 Å². The SMILES string of the molecule is CCC(CSC)Nc1c(F)cc([N+](=O)[O-])c2cccnc12. The summed E-state index contributed by atoms with van der Waals surface area (Å²) in [6, 6.07) is 4.23. The summed E-state index contributed by atoms with van der Waals surface area (Å²) in [4.78, 5) is 14.6. The quantitative estimate of drug-likeness (QED) is 0.648. The number of non-ortho nitro benzene ring substituents is 1. The summed E-state index contributed by atoms with van der Waals surface area (Å²) >= 11 is 1.66. The van der Waals surface area contributed by atoms with Crippen molar-refractivity contribution < 1.29 is 9.31 Å². The van der Waals surface area contributed by atoms with E-state index in [1.165, 1.54) is 6.20 Å². The van der Waals surface area contributed by atoms with Gasteiger partial charge in [0.15, 0.2) is 5.82 Å². The number of halogens is 1. The average Bonchev–Trinajstić information content (AvgIpc) is 2.48. The average molecular weight is 309 g/mol. The van der Waals surface area contributed by atoms with Gasteiger partial charge in [-0.05, 0) is 24.8 Å². The van der Waals surface area contributed by atoms with Gasteiger partial charge >= 0.3 is 0 Å². The van der Waals surface area contributed by atoms with Crippen molar-refractivity contribution in [1.29, 1.82) is 0 Å². The lowest BCUT2D eigenvalue weighted by molar-refractivity contribution is -0.383. The number of pyridine rings is 1. The minimum absolute atomic E-state index is 0.0844. The molecule has 7 heteroatoms. The van der Waals surface area contributed by atoms with E-state index in [9.17, 15) is 14.5 Å². The molecule has 2 rings (SSSR count). The Balaban J connectivity index is 2.56. The number of nitro benzene ring substituents is 1. The van der Waals surface area contributed by atoms with Crippen LogP contribution in [0.1, 0.15) is 13.3 Å². The molecule has 0 saturated heterocycles. The normalized spacial score (nSPS) is 12.3. The van der Waals surface area contributed by atoms with Gasteiger partial charge in [-0.3, -0.25) is 15.1 Å². The lowest BCUT2D eigenvalue weighted by Crippen LogP contribution is -2.22. The van der Waals surface area contributed by atoms with Crippen LogP contribution in [0.4, 0.5) is 15.8 Å². The van der Waals surface area contributed by atoms with Gasteiger partial charge in [0.1, 0.15) is 5.52 Å². The number of hydrogen-bond acceptors (Lipinski definition) is 5. The van der Waals surface area contributed by atoms with Gasteiger partial charge in [-0.1, -0.05) is 6.92 Å². The van der Waals surface area contributed by atoms with Gasteiger partial charge in [0.25, 0.3) is 5.69 Å². The fourth-order valence-corrected chi connectivity index (χ4v) is 2.87. The van der Waals surface area contributed by atoms with Gasteiger partial charge in [0, 0.05) is 18.0 Å². The van der Waals surface area contributed by atoms with E-state index >= 15 is 0 Å². The summed E-state index contributed by atoms with van der Waals surface area (Å²) in [5.74, 6) is 0.175. The molecule has 2 aromatic rings. The van der Waals surface area contributed by atoms with E-state index in [0.29, 0.717) is 10.9 Å². The van der Waals surface area contributed by atoms with Gasteiger partial charge < -0.3 is 5.32 Å². The van der Waals surface area contributed by atoms with Crippen LogP contribution in [-0.4, -0.2) is 28.0 Å². The van der Waals surface area contributed by atoms with Crippen LogP contribution in [0.5, 0.6) is 0 Å². The molecule has 0 aliphatic heterocycles. The number of aromatic nitrogens is 1. The molecular formula is C14H16FN3O2S. The molecule has 0 aliphatic rings. The number of benzene rings is 1. The monoisotopic (exact) mass is 309 g/mol. The first kappa shape index (κ1) is 15.5. The second-order valence-electron chi connectivity index (χ2n) is 4.61. The third-order valence-electron chi connectivity index (χ3n) is 3.23. The van der Waals surface area contributed by atoms with Crippen molar-refractivity contribution in [1.82, 2.24) is 4.98 Å². The van der Waals surface area contributed by atoms with Crippen LogP contribution in [0.3, 0.4) is 0 Å². The smallest absolute Gasteiger partial charge is 0.281 e. The number of rotatable bonds is 6. The van der Waals surface area contributed by atoms with Crippen LogP contribution >= 0.6 is 11.8 Å². The standard InChI is InChI=1S/C14H16FN3O2S/c1-3-9(8-21-2)17-14-11(15)7-12(18(19)20)10-5-4-6-16-13(10)14/h4-7,9,17H,3,8H2,1-2H3. The molecule has 21 heavy (non-hydrogen) atoms. The first-order valence-electron chi connectivity index (χ1n) is 6.55. The van der Waals surface area contributed by atoms with Gasteiger partial charge in [-0.2, -0.15) is 11.8 Å². The predicted molar refractivity (Wildman–Crippen MR) is 84.4 cm³/mol. The van der Waals surface area contributed by atoms with Crippen LogP contribution in [-0.2, 0) is 0 Å². The topological polar surface area (TPSA) is 68.1 Å². The van der Waals surface area contributed by atoms with Crippen LogP contribution in [0.2, 0.25) is 0 Å². The third-order valence-corrected chi connectivity index (χ3v) is 3.96. The van der Waals surface area contributed by atoms with Crippen molar-refractivity contribution >= 4 is 34.0 Å². The highest BCUT2D eigenvalue weighted by atomic mass is 32.2. The maximum atomic E-state index is 14.3. The summed E-state index contributed by atoms with van der Waals surface area (Å²) in [5, 5.41) is 14.5. The zero-order chi connectivity index (χ0) is 15.4. The Labute approximate surface area is 126 Å². The molecule has 1 aromatic heterocycles. The zero-order valence-corrected chi connectivity index (χ0v) is 12.6. The van der Waals surface area contributed by atoms with Gasteiger partial charge in [-0.15, -0.1) is 0 Å². The van der Waals surface area contributed by atoms with Crippen LogP contribution in [0, 0.1) is 15.9 Å². The summed E-state index contributed by atoms with van der Waals surface area (Å²) in [5.41, 5.74) is 0.264. The molecule has 0 fully saturated rings. The Morgan fingerprint density at radius 3 is 2.95 bits per heavy atom. The van der Waals surface area contributed by atoms with Crippen molar-refractivity contribution in [3.63, 3.8) is 0 Å². The molecule has 0 radical (unpaired) electrons. The molecule has 1 heterocycles. The molecule has 5 nitrogen and oxygen atoms in total. The van der Waals surface area contributed by atoms with Crippen molar-refractivity contribution in [3.8, 4) is 0 Å². The summed E-state index contributed by atoms with van der Waals surface area (Å²) in [6.45, 7) is 2.01. The number of thioether (sulfide) groups is 1. The molecule has 1 atom stereocenters. The maximum absolute atomic E-state index is 14.3. The number of nitrogens with one attached hydrogen (secondary N) is 1. The largest absolute Gasteiger partial charge is 0.377 e. The third kappa shape index (κ3) is 3.24. The Hall–Kier alpha value is -1.89. The Kier molecular flexibility index (Phi) is 4.95. The molecule has 0 aliphatic carbocycles. The van der Waals surface area contributed by atoms with Gasteiger partial charge in [-0.25, -0.2) is 4.39 Å². The highest BCUT2D eigenvalue weighted by molar-refractivity contribution is 7.98. The zero-order valence-electron chi connectivity index (χ0n) is 11.8. The predicted octanol–water partition coefficient (Wildman–Crippen LogP) is 3.84. The second-order valence-corrected chi connectivity index (χ2v) is 5.52. The van der Waals surface area contributed by atoms with E-state index < -0.39 is 10.7 Å². The van der Waals surface area contributed by atoms with Crippen LogP contribution in [0.25, 0.3) is 10.9 Å². The highest BCUT2D eigenvalue weighted by Gasteiger charge is 2.21. The number of nitro groups is 1. The Morgan fingerprint density at radius 2 is 2.33 bits per heavy atom. The minimum Gasteiger partial charge on any atom is -0.377 e.